The van der Waals surface area contributed by atoms with Crippen LogP contribution in [-0.2, 0) is 9.47 Å². The number of rotatable bonds is 9. The third-order valence-electron chi connectivity index (χ3n) is 2.48. The molecule has 0 bridgehead atoms. The summed E-state index contributed by atoms with van der Waals surface area (Å²) in [6.45, 7) is 2.01. The van der Waals surface area contributed by atoms with E-state index in [2.05, 4.69) is 10.6 Å². The molecule has 0 aromatic heterocycles. The third kappa shape index (κ3) is 4.72. The second kappa shape index (κ2) is 8.28. The van der Waals surface area contributed by atoms with Gasteiger partial charge in [0.05, 0.1) is 24.7 Å². The molecular formula is C12H19N3O4. The number of ether oxygens (including phenoxy) is 2. The molecule has 0 heterocycles. The molecule has 106 valence electrons. The van der Waals surface area contributed by atoms with Gasteiger partial charge in [0.15, 0.2) is 0 Å². The van der Waals surface area contributed by atoms with E-state index < -0.39 is 4.92 Å². The summed E-state index contributed by atoms with van der Waals surface area (Å²) in [7, 11) is 3.26. The molecule has 0 aliphatic heterocycles. The molecule has 0 spiro atoms. The standard InChI is InChI=1S/C12H19N3O4/c1-13-10-4-3-5-11(12(10)15(16)17)14-6-7-19-9-8-18-2/h3-5,13-14H,6-9H2,1-2H3. The van der Waals surface area contributed by atoms with Gasteiger partial charge in [0.2, 0.25) is 0 Å². The molecular weight excluding hydrogens is 250 g/mol. The normalized spacial score (nSPS) is 10.2. The number of nitro benzene ring substituents is 1. The molecule has 2 N–H and O–H groups in total. The minimum atomic E-state index is -0.403. The monoisotopic (exact) mass is 269 g/mol. The van der Waals surface area contributed by atoms with E-state index >= 15 is 0 Å². The van der Waals surface area contributed by atoms with Crippen LogP contribution in [0.15, 0.2) is 18.2 Å². The Morgan fingerprint density at radius 3 is 2.63 bits per heavy atom. The van der Waals surface area contributed by atoms with Crippen LogP contribution in [0.2, 0.25) is 0 Å². The zero-order chi connectivity index (χ0) is 14.1. The summed E-state index contributed by atoms with van der Waals surface area (Å²) in [5.41, 5.74) is 1.00. The molecule has 0 aliphatic carbocycles. The number of nitrogens with zero attached hydrogens (tertiary/aromatic N) is 1. The molecule has 0 amide bonds. The van der Waals surface area contributed by atoms with Gasteiger partial charge in [0.25, 0.3) is 0 Å². The average molecular weight is 269 g/mol. The molecule has 0 saturated carbocycles. The van der Waals surface area contributed by atoms with E-state index in [9.17, 15) is 10.1 Å². The maximum Gasteiger partial charge on any atom is 0.315 e. The predicted molar refractivity (Wildman–Crippen MR) is 73.8 cm³/mol. The van der Waals surface area contributed by atoms with E-state index in [4.69, 9.17) is 9.47 Å². The van der Waals surface area contributed by atoms with Crippen molar-refractivity contribution in [1.82, 2.24) is 0 Å². The number of para-hydroxylation sites is 1. The SMILES string of the molecule is CNc1cccc(NCCOCCOC)c1[N+](=O)[O-]. The number of hydrogen-bond acceptors (Lipinski definition) is 6. The molecule has 0 radical (unpaired) electrons. The van der Waals surface area contributed by atoms with Crippen LogP contribution in [0.25, 0.3) is 0 Å². The van der Waals surface area contributed by atoms with E-state index in [1.807, 2.05) is 0 Å². The van der Waals surface area contributed by atoms with Gasteiger partial charge < -0.3 is 20.1 Å². The highest BCUT2D eigenvalue weighted by molar-refractivity contribution is 5.75. The third-order valence-corrected chi connectivity index (χ3v) is 2.48. The van der Waals surface area contributed by atoms with Crippen LogP contribution in [0.4, 0.5) is 17.1 Å². The molecule has 0 fully saturated rings. The molecule has 0 aliphatic rings. The van der Waals surface area contributed by atoms with Crippen molar-refractivity contribution in [3.63, 3.8) is 0 Å². The van der Waals surface area contributed by atoms with E-state index in [0.717, 1.165) is 0 Å². The quantitative estimate of drug-likeness (QED) is 0.403. The van der Waals surface area contributed by atoms with Crippen LogP contribution in [0.3, 0.4) is 0 Å². The van der Waals surface area contributed by atoms with Crippen molar-refractivity contribution in [2.45, 2.75) is 0 Å². The molecule has 7 heteroatoms. The number of methoxy groups -OCH3 is 1. The molecule has 1 rings (SSSR count). The van der Waals surface area contributed by atoms with Crippen molar-refractivity contribution >= 4 is 17.1 Å². The highest BCUT2D eigenvalue weighted by Gasteiger charge is 2.18. The lowest BCUT2D eigenvalue weighted by Crippen LogP contribution is -2.13. The number of anilines is 2. The summed E-state index contributed by atoms with van der Waals surface area (Å²) in [5.74, 6) is 0. The van der Waals surface area contributed by atoms with Gasteiger partial charge in [-0.1, -0.05) is 6.07 Å². The second-order valence-corrected chi connectivity index (χ2v) is 3.74. The summed E-state index contributed by atoms with van der Waals surface area (Å²) in [6, 6.07) is 5.10. The van der Waals surface area contributed by atoms with Crippen molar-refractivity contribution in [2.75, 3.05) is 51.2 Å². The van der Waals surface area contributed by atoms with Crippen molar-refractivity contribution in [1.29, 1.82) is 0 Å². The topological polar surface area (TPSA) is 85.7 Å². The molecule has 7 nitrogen and oxygen atoms in total. The molecule has 1 aromatic carbocycles. The highest BCUT2D eigenvalue weighted by Crippen LogP contribution is 2.32. The Bertz CT molecular complexity index is 412. The number of benzene rings is 1. The molecule has 0 saturated heterocycles. The van der Waals surface area contributed by atoms with E-state index in [1.165, 1.54) is 0 Å². The minimum Gasteiger partial charge on any atom is -0.382 e. The van der Waals surface area contributed by atoms with Gasteiger partial charge in [-0.15, -0.1) is 0 Å². The lowest BCUT2D eigenvalue weighted by Gasteiger charge is -2.10. The van der Waals surface area contributed by atoms with Gasteiger partial charge in [0.1, 0.15) is 11.4 Å². The fourth-order valence-electron chi connectivity index (χ4n) is 1.59. The Hall–Kier alpha value is -1.86. The van der Waals surface area contributed by atoms with Crippen molar-refractivity contribution < 1.29 is 14.4 Å². The van der Waals surface area contributed by atoms with E-state index in [0.29, 0.717) is 37.7 Å². The first-order chi connectivity index (χ1) is 9.20. The molecule has 0 unspecified atom stereocenters. The van der Waals surface area contributed by atoms with Crippen LogP contribution < -0.4 is 10.6 Å². The average Bonchev–Trinajstić information content (AvgIpc) is 2.42. The highest BCUT2D eigenvalue weighted by atomic mass is 16.6. The van der Waals surface area contributed by atoms with Crippen molar-refractivity contribution in [3.05, 3.63) is 28.3 Å². The van der Waals surface area contributed by atoms with E-state index in [1.54, 1.807) is 32.4 Å². The number of nitro groups is 1. The van der Waals surface area contributed by atoms with E-state index in [-0.39, 0.29) is 5.69 Å². The number of nitrogens with one attached hydrogen (secondary N) is 2. The summed E-state index contributed by atoms with van der Waals surface area (Å²) in [6.07, 6.45) is 0. The minimum absolute atomic E-state index is 0.0434. The first kappa shape index (κ1) is 15.2. The van der Waals surface area contributed by atoms with Crippen LogP contribution in [0.5, 0.6) is 0 Å². The van der Waals surface area contributed by atoms with Crippen molar-refractivity contribution in [2.24, 2.45) is 0 Å². The zero-order valence-corrected chi connectivity index (χ0v) is 11.1. The maximum absolute atomic E-state index is 11.1. The molecule has 1 aromatic rings. The van der Waals surface area contributed by atoms with Gasteiger partial charge in [0, 0.05) is 20.7 Å². The zero-order valence-electron chi connectivity index (χ0n) is 11.1. The van der Waals surface area contributed by atoms with Crippen molar-refractivity contribution in [3.8, 4) is 0 Å². The Labute approximate surface area is 112 Å². The fraction of sp³-hybridized carbons (Fsp3) is 0.500. The lowest BCUT2D eigenvalue weighted by molar-refractivity contribution is -0.383. The maximum atomic E-state index is 11.1. The first-order valence-corrected chi connectivity index (χ1v) is 5.96. The van der Waals surface area contributed by atoms with Gasteiger partial charge in [-0.2, -0.15) is 0 Å². The van der Waals surface area contributed by atoms with Gasteiger partial charge >= 0.3 is 5.69 Å². The van der Waals surface area contributed by atoms with Crippen LogP contribution in [0, 0.1) is 10.1 Å². The smallest absolute Gasteiger partial charge is 0.315 e. The summed E-state index contributed by atoms with van der Waals surface area (Å²) in [5, 5.41) is 16.9. The molecule has 19 heavy (non-hydrogen) atoms. The Morgan fingerprint density at radius 2 is 2.00 bits per heavy atom. The Kier molecular flexibility index (Phi) is 6.62. The lowest BCUT2D eigenvalue weighted by atomic mass is 10.2. The van der Waals surface area contributed by atoms with Crippen LogP contribution in [0.1, 0.15) is 0 Å². The summed E-state index contributed by atoms with van der Waals surface area (Å²) >= 11 is 0. The van der Waals surface area contributed by atoms with Crippen LogP contribution >= 0.6 is 0 Å². The Morgan fingerprint density at radius 1 is 1.26 bits per heavy atom. The van der Waals surface area contributed by atoms with Gasteiger partial charge in [-0.05, 0) is 12.1 Å². The first-order valence-electron chi connectivity index (χ1n) is 5.96. The predicted octanol–water partition coefficient (Wildman–Crippen LogP) is 1.71. The summed E-state index contributed by atoms with van der Waals surface area (Å²) < 4.78 is 10.1. The molecule has 0 atom stereocenters. The fourth-order valence-corrected chi connectivity index (χ4v) is 1.59. The van der Waals surface area contributed by atoms with Gasteiger partial charge in [-0.3, -0.25) is 10.1 Å². The van der Waals surface area contributed by atoms with Crippen LogP contribution in [-0.4, -0.2) is 45.4 Å². The largest absolute Gasteiger partial charge is 0.382 e. The Balaban J connectivity index is 2.55. The van der Waals surface area contributed by atoms with Gasteiger partial charge in [-0.25, -0.2) is 0 Å². The number of hydrogen-bond donors (Lipinski definition) is 2. The summed E-state index contributed by atoms with van der Waals surface area (Å²) in [4.78, 5) is 10.7. The second-order valence-electron chi connectivity index (χ2n) is 3.74.